The molecule has 0 unspecified atom stereocenters. The Hall–Kier alpha value is -1.02. The van der Waals surface area contributed by atoms with E-state index in [9.17, 15) is 0 Å². The molecular weight excluding hydrogens is 186 g/mol. The van der Waals surface area contributed by atoms with Crippen LogP contribution in [0, 0.1) is 5.41 Å². The highest BCUT2D eigenvalue weighted by molar-refractivity contribution is 6.30. The number of nitrogens with one attached hydrogen (secondary N) is 1. The quantitative estimate of drug-likeness (QED) is 0.584. The van der Waals surface area contributed by atoms with Gasteiger partial charge in [0, 0.05) is 11.4 Å². The fraction of sp³-hybridized carbons (Fsp3) is 0.300. The Morgan fingerprint density at radius 3 is 2.54 bits per heavy atom. The molecule has 1 aromatic carbocycles. The SMILES string of the molecule is CCCC(=N)Oc1ccc(Cl)cc1. The van der Waals surface area contributed by atoms with Crippen LogP contribution < -0.4 is 4.74 Å². The Labute approximate surface area is 83.0 Å². The summed E-state index contributed by atoms with van der Waals surface area (Å²) in [6.45, 7) is 2.01. The van der Waals surface area contributed by atoms with Gasteiger partial charge in [-0.1, -0.05) is 18.5 Å². The fourth-order valence-corrected chi connectivity index (χ4v) is 1.05. The summed E-state index contributed by atoms with van der Waals surface area (Å²) < 4.78 is 5.23. The van der Waals surface area contributed by atoms with Crippen molar-refractivity contribution >= 4 is 17.5 Å². The molecule has 3 heteroatoms. The van der Waals surface area contributed by atoms with Gasteiger partial charge >= 0.3 is 0 Å². The molecule has 0 aromatic heterocycles. The fourth-order valence-electron chi connectivity index (χ4n) is 0.923. The number of ether oxygens (including phenoxy) is 1. The van der Waals surface area contributed by atoms with E-state index in [1.807, 2.05) is 6.92 Å². The molecule has 0 aliphatic carbocycles. The summed E-state index contributed by atoms with van der Waals surface area (Å²) in [6, 6.07) is 7.01. The second kappa shape index (κ2) is 4.87. The highest BCUT2D eigenvalue weighted by Crippen LogP contribution is 2.16. The molecule has 0 heterocycles. The normalized spacial score (nSPS) is 9.69. The van der Waals surface area contributed by atoms with E-state index in [1.54, 1.807) is 24.3 Å². The third-order valence-electron chi connectivity index (χ3n) is 1.53. The van der Waals surface area contributed by atoms with E-state index in [0.29, 0.717) is 23.1 Å². The first-order valence-electron chi connectivity index (χ1n) is 4.23. The molecule has 13 heavy (non-hydrogen) atoms. The maximum absolute atomic E-state index is 7.42. The molecule has 0 fully saturated rings. The van der Waals surface area contributed by atoms with E-state index in [2.05, 4.69) is 0 Å². The van der Waals surface area contributed by atoms with Crippen LogP contribution in [0.2, 0.25) is 5.02 Å². The van der Waals surface area contributed by atoms with Gasteiger partial charge in [-0.25, -0.2) is 0 Å². The molecule has 0 radical (unpaired) electrons. The smallest absolute Gasteiger partial charge is 0.187 e. The average Bonchev–Trinajstić information content (AvgIpc) is 2.09. The highest BCUT2D eigenvalue weighted by Gasteiger charge is 1.98. The molecule has 0 bridgehead atoms. The minimum atomic E-state index is 0.296. The summed E-state index contributed by atoms with van der Waals surface area (Å²) in [5.74, 6) is 0.965. The molecule has 0 amide bonds. The van der Waals surface area contributed by atoms with Gasteiger partial charge in [-0.3, -0.25) is 5.41 Å². The lowest BCUT2D eigenvalue weighted by Gasteiger charge is -2.05. The number of hydrogen-bond donors (Lipinski definition) is 1. The van der Waals surface area contributed by atoms with Crippen molar-refractivity contribution in [3.63, 3.8) is 0 Å². The topological polar surface area (TPSA) is 33.1 Å². The van der Waals surface area contributed by atoms with Gasteiger partial charge in [-0.15, -0.1) is 0 Å². The zero-order valence-electron chi connectivity index (χ0n) is 7.51. The lowest BCUT2D eigenvalue weighted by Crippen LogP contribution is -2.05. The van der Waals surface area contributed by atoms with Crippen molar-refractivity contribution in [2.75, 3.05) is 0 Å². The summed E-state index contributed by atoms with van der Waals surface area (Å²) in [4.78, 5) is 0. The lowest BCUT2D eigenvalue weighted by molar-refractivity contribution is 0.524. The molecule has 1 aromatic rings. The summed E-state index contributed by atoms with van der Waals surface area (Å²) in [6.07, 6.45) is 1.59. The number of benzene rings is 1. The minimum absolute atomic E-state index is 0.296. The molecule has 1 N–H and O–H groups in total. The molecule has 0 spiro atoms. The van der Waals surface area contributed by atoms with Crippen LogP contribution >= 0.6 is 11.6 Å². The van der Waals surface area contributed by atoms with Crippen molar-refractivity contribution in [1.82, 2.24) is 0 Å². The molecule has 0 saturated heterocycles. The van der Waals surface area contributed by atoms with Crippen molar-refractivity contribution in [1.29, 1.82) is 5.41 Å². The van der Waals surface area contributed by atoms with E-state index in [0.717, 1.165) is 6.42 Å². The Bertz CT molecular complexity index is 281. The van der Waals surface area contributed by atoms with Gasteiger partial charge in [-0.05, 0) is 30.7 Å². The monoisotopic (exact) mass is 197 g/mol. The van der Waals surface area contributed by atoms with Gasteiger partial charge in [0.15, 0.2) is 5.90 Å². The Morgan fingerprint density at radius 1 is 1.38 bits per heavy atom. The third-order valence-corrected chi connectivity index (χ3v) is 1.78. The first-order valence-corrected chi connectivity index (χ1v) is 4.61. The predicted octanol–water partition coefficient (Wildman–Crippen LogP) is 3.50. The van der Waals surface area contributed by atoms with E-state index in [-0.39, 0.29) is 0 Å². The molecule has 0 atom stereocenters. The molecular formula is C10H12ClNO. The average molecular weight is 198 g/mol. The van der Waals surface area contributed by atoms with Gasteiger partial charge in [0.05, 0.1) is 0 Å². The van der Waals surface area contributed by atoms with Crippen LogP contribution in [0.25, 0.3) is 0 Å². The van der Waals surface area contributed by atoms with Crippen LogP contribution in [0.4, 0.5) is 0 Å². The zero-order chi connectivity index (χ0) is 9.68. The van der Waals surface area contributed by atoms with Crippen LogP contribution in [-0.2, 0) is 0 Å². The second-order valence-corrected chi connectivity index (χ2v) is 3.17. The van der Waals surface area contributed by atoms with E-state index in [1.165, 1.54) is 0 Å². The Balaban J connectivity index is 2.54. The summed E-state index contributed by atoms with van der Waals surface area (Å²) in [5, 5.41) is 8.10. The number of hydrogen-bond acceptors (Lipinski definition) is 2. The number of halogens is 1. The van der Waals surface area contributed by atoms with Crippen molar-refractivity contribution in [3.8, 4) is 5.75 Å². The zero-order valence-corrected chi connectivity index (χ0v) is 8.27. The van der Waals surface area contributed by atoms with Crippen molar-refractivity contribution < 1.29 is 4.74 Å². The second-order valence-electron chi connectivity index (χ2n) is 2.73. The summed E-state index contributed by atoms with van der Waals surface area (Å²) >= 11 is 5.70. The van der Waals surface area contributed by atoms with Crippen molar-refractivity contribution in [2.45, 2.75) is 19.8 Å². The summed E-state index contributed by atoms with van der Waals surface area (Å²) in [5.41, 5.74) is 0. The predicted molar refractivity (Wildman–Crippen MR) is 54.7 cm³/mol. The first-order chi connectivity index (χ1) is 6.22. The van der Waals surface area contributed by atoms with E-state index < -0.39 is 0 Å². The maximum atomic E-state index is 7.42. The lowest BCUT2D eigenvalue weighted by atomic mass is 10.3. The van der Waals surface area contributed by atoms with Crippen LogP contribution in [0.3, 0.4) is 0 Å². The van der Waals surface area contributed by atoms with Crippen molar-refractivity contribution in [3.05, 3.63) is 29.3 Å². The van der Waals surface area contributed by atoms with Gasteiger partial charge in [-0.2, -0.15) is 0 Å². The standard InChI is InChI=1S/C10H12ClNO/c1-2-3-10(12)13-9-6-4-8(11)5-7-9/h4-7,12H,2-3H2,1H3. The number of rotatable bonds is 3. The van der Waals surface area contributed by atoms with Crippen LogP contribution in [0.1, 0.15) is 19.8 Å². The maximum Gasteiger partial charge on any atom is 0.187 e. The first kappa shape index (κ1) is 10.1. The largest absolute Gasteiger partial charge is 0.444 e. The highest BCUT2D eigenvalue weighted by atomic mass is 35.5. The minimum Gasteiger partial charge on any atom is -0.444 e. The summed E-state index contributed by atoms with van der Waals surface area (Å²) in [7, 11) is 0. The van der Waals surface area contributed by atoms with Gasteiger partial charge in [0.25, 0.3) is 0 Å². The Morgan fingerprint density at radius 2 is 2.00 bits per heavy atom. The van der Waals surface area contributed by atoms with E-state index in [4.69, 9.17) is 21.7 Å². The molecule has 0 saturated carbocycles. The van der Waals surface area contributed by atoms with Gasteiger partial charge < -0.3 is 4.74 Å². The molecule has 0 aliphatic heterocycles. The molecule has 0 aliphatic rings. The van der Waals surface area contributed by atoms with Crippen LogP contribution in [0.15, 0.2) is 24.3 Å². The van der Waals surface area contributed by atoms with E-state index >= 15 is 0 Å². The van der Waals surface area contributed by atoms with Gasteiger partial charge in [0.1, 0.15) is 5.75 Å². The molecule has 2 nitrogen and oxygen atoms in total. The Kier molecular flexibility index (Phi) is 3.77. The van der Waals surface area contributed by atoms with Gasteiger partial charge in [0.2, 0.25) is 0 Å². The van der Waals surface area contributed by atoms with Crippen LogP contribution in [0.5, 0.6) is 5.75 Å². The van der Waals surface area contributed by atoms with Crippen molar-refractivity contribution in [2.24, 2.45) is 0 Å². The molecule has 70 valence electrons. The third kappa shape index (κ3) is 3.47. The molecule has 1 rings (SSSR count). The van der Waals surface area contributed by atoms with Crippen LogP contribution in [-0.4, -0.2) is 5.90 Å².